The van der Waals surface area contributed by atoms with Crippen LogP contribution in [0.1, 0.15) is 69.0 Å². The highest BCUT2D eigenvalue weighted by Crippen LogP contribution is 2.28. The summed E-state index contributed by atoms with van der Waals surface area (Å²) in [6.07, 6.45) is 3.98. The third kappa shape index (κ3) is 8.13. The first-order valence-electron chi connectivity index (χ1n) is 12.2. The standard InChI is InChI=1S/C26H37N3O6/c1-5-8-9-10-21(22(6-2)29(33)17-30)25(31)27-16-28-26(32)24-12-11-23(35-24)19-13-18(4)14-20(15-19)34-7-3/h11-15,17,21-22,33H,5-10,16H2,1-4H3,(H,27,31)(H,28,32). The molecule has 0 saturated carbocycles. The Balaban J connectivity index is 2.00. The number of rotatable bonds is 15. The maximum atomic E-state index is 12.8. The number of hydrogen-bond donors (Lipinski definition) is 3. The van der Waals surface area contributed by atoms with Crippen LogP contribution in [0.2, 0.25) is 0 Å². The van der Waals surface area contributed by atoms with E-state index in [1.54, 1.807) is 19.1 Å². The van der Waals surface area contributed by atoms with Gasteiger partial charge in [-0.05, 0) is 62.6 Å². The van der Waals surface area contributed by atoms with Gasteiger partial charge in [-0.25, -0.2) is 5.06 Å². The van der Waals surface area contributed by atoms with E-state index in [9.17, 15) is 19.6 Å². The van der Waals surface area contributed by atoms with E-state index < -0.39 is 17.9 Å². The van der Waals surface area contributed by atoms with Gasteiger partial charge in [0, 0.05) is 5.56 Å². The zero-order valence-electron chi connectivity index (χ0n) is 21.0. The number of amides is 3. The van der Waals surface area contributed by atoms with Gasteiger partial charge in [-0.3, -0.25) is 19.6 Å². The van der Waals surface area contributed by atoms with Crippen molar-refractivity contribution in [3.05, 3.63) is 41.7 Å². The largest absolute Gasteiger partial charge is 0.494 e. The highest BCUT2D eigenvalue weighted by atomic mass is 16.5. The molecule has 1 heterocycles. The lowest BCUT2D eigenvalue weighted by Gasteiger charge is -2.29. The lowest BCUT2D eigenvalue weighted by Crippen LogP contribution is -2.47. The summed E-state index contributed by atoms with van der Waals surface area (Å²) in [5, 5.41) is 15.8. The van der Waals surface area contributed by atoms with Crippen molar-refractivity contribution >= 4 is 18.2 Å². The van der Waals surface area contributed by atoms with Crippen LogP contribution < -0.4 is 15.4 Å². The highest BCUT2D eigenvalue weighted by molar-refractivity contribution is 5.92. The molecule has 0 aliphatic heterocycles. The molecule has 0 fully saturated rings. The molecule has 2 atom stereocenters. The van der Waals surface area contributed by atoms with E-state index in [0.29, 0.717) is 36.7 Å². The Morgan fingerprint density at radius 2 is 1.91 bits per heavy atom. The number of hydrogen-bond acceptors (Lipinski definition) is 6. The maximum Gasteiger partial charge on any atom is 0.288 e. The van der Waals surface area contributed by atoms with E-state index in [2.05, 4.69) is 17.6 Å². The number of aryl methyl sites for hydroxylation is 1. The predicted molar refractivity (Wildman–Crippen MR) is 132 cm³/mol. The third-order valence-corrected chi connectivity index (χ3v) is 5.77. The summed E-state index contributed by atoms with van der Waals surface area (Å²) in [4.78, 5) is 36.5. The molecule has 0 aliphatic rings. The molecule has 1 aromatic heterocycles. The van der Waals surface area contributed by atoms with E-state index in [0.717, 1.165) is 36.1 Å². The second-order valence-electron chi connectivity index (χ2n) is 8.42. The molecular formula is C26H37N3O6. The Hall–Kier alpha value is -3.33. The number of nitrogens with one attached hydrogen (secondary N) is 2. The van der Waals surface area contributed by atoms with Gasteiger partial charge in [-0.1, -0.05) is 33.1 Å². The molecule has 3 N–H and O–H groups in total. The molecule has 192 valence electrons. The van der Waals surface area contributed by atoms with Crippen LogP contribution in [0.3, 0.4) is 0 Å². The number of carbonyl (C=O) groups excluding carboxylic acids is 3. The summed E-state index contributed by atoms with van der Waals surface area (Å²) in [7, 11) is 0. The van der Waals surface area contributed by atoms with Crippen LogP contribution in [0, 0.1) is 12.8 Å². The fourth-order valence-corrected chi connectivity index (χ4v) is 4.03. The van der Waals surface area contributed by atoms with Gasteiger partial charge in [0.05, 0.1) is 25.2 Å². The van der Waals surface area contributed by atoms with E-state index in [1.165, 1.54) is 0 Å². The van der Waals surface area contributed by atoms with Gasteiger partial charge >= 0.3 is 0 Å². The van der Waals surface area contributed by atoms with Gasteiger partial charge in [-0.2, -0.15) is 0 Å². The Bertz CT molecular complexity index is 974. The number of nitrogens with zero attached hydrogens (tertiary/aromatic N) is 1. The average Bonchev–Trinajstić information content (AvgIpc) is 3.33. The van der Waals surface area contributed by atoms with Gasteiger partial charge in [0.15, 0.2) is 5.76 Å². The van der Waals surface area contributed by atoms with Crippen LogP contribution in [0.5, 0.6) is 5.75 Å². The molecule has 2 aromatic rings. The van der Waals surface area contributed by atoms with Gasteiger partial charge in [-0.15, -0.1) is 0 Å². The van der Waals surface area contributed by atoms with E-state index in [4.69, 9.17) is 9.15 Å². The van der Waals surface area contributed by atoms with Crippen LogP contribution in [0.25, 0.3) is 11.3 Å². The molecule has 2 rings (SSSR count). The van der Waals surface area contributed by atoms with Crippen LogP contribution in [0.15, 0.2) is 34.7 Å². The zero-order valence-corrected chi connectivity index (χ0v) is 21.0. The van der Waals surface area contributed by atoms with E-state index in [-0.39, 0.29) is 18.3 Å². The van der Waals surface area contributed by atoms with Crippen molar-refractivity contribution in [3.8, 4) is 17.1 Å². The molecule has 9 nitrogen and oxygen atoms in total. The summed E-state index contributed by atoms with van der Waals surface area (Å²) in [5.74, 6) is -0.0279. The lowest BCUT2D eigenvalue weighted by molar-refractivity contribution is -0.168. The van der Waals surface area contributed by atoms with E-state index in [1.807, 2.05) is 32.0 Å². The number of hydroxylamine groups is 2. The Morgan fingerprint density at radius 1 is 1.14 bits per heavy atom. The smallest absolute Gasteiger partial charge is 0.288 e. The number of ether oxygens (including phenoxy) is 1. The second-order valence-corrected chi connectivity index (χ2v) is 8.42. The monoisotopic (exact) mass is 487 g/mol. The van der Waals surface area contributed by atoms with Crippen molar-refractivity contribution in [2.75, 3.05) is 13.3 Å². The molecule has 3 amide bonds. The molecule has 0 radical (unpaired) electrons. The summed E-state index contributed by atoms with van der Waals surface area (Å²) in [5.41, 5.74) is 1.80. The minimum Gasteiger partial charge on any atom is -0.494 e. The van der Waals surface area contributed by atoms with Gasteiger partial charge < -0.3 is 19.8 Å². The van der Waals surface area contributed by atoms with E-state index >= 15 is 0 Å². The molecule has 2 unspecified atom stereocenters. The van der Waals surface area contributed by atoms with Crippen LogP contribution in [-0.4, -0.2) is 47.8 Å². The molecule has 0 bridgehead atoms. The molecule has 0 saturated heterocycles. The number of furan rings is 1. The minimum atomic E-state index is -0.636. The Kier molecular flexibility index (Phi) is 11.3. The summed E-state index contributed by atoms with van der Waals surface area (Å²) in [6, 6.07) is 8.37. The third-order valence-electron chi connectivity index (χ3n) is 5.77. The number of unbranched alkanes of at least 4 members (excludes halogenated alkanes) is 2. The van der Waals surface area contributed by atoms with Crippen molar-refractivity contribution in [3.63, 3.8) is 0 Å². The second kappa shape index (κ2) is 14.2. The quantitative estimate of drug-likeness (QED) is 0.113. The molecule has 1 aromatic carbocycles. The predicted octanol–water partition coefficient (Wildman–Crippen LogP) is 4.28. The lowest BCUT2D eigenvalue weighted by atomic mass is 9.90. The zero-order chi connectivity index (χ0) is 25.8. The average molecular weight is 488 g/mol. The minimum absolute atomic E-state index is 0.111. The topological polar surface area (TPSA) is 121 Å². The van der Waals surface area contributed by atoms with Gasteiger partial charge in [0.25, 0.3) is 5.91 Å². The fraction of sp³-hybridized carbons (Fsp3) is 0.500. The van der Waals surface area contributed by atoms with Crippen molar-refractivity contribution < 1.29 is 28.7 Å². The summed E-state index contributed by atoms with van der Waals surface area (Å²) >= 11 is 0. The highest BCUT2D eigenvalue weighted by Gasteiger charge is 2.30. The van der Waals surface area contributed by atoms with Crippen LogP contribution >= 0.6 is 0 Å². The van der Waals surface area contributed by atoms with Crippen LogP contribution in [-0.2, 0) is 9.59 Å². The first-order valence-corrected chi connectivity index (χ1v) is 12.2. The molecule has 35 heavy (non-hydrogen) atoms. The first kappa shape index (κ1) is 27.9. The molecule has 0 spiro atoms. The number of carbonyl (C=O) groups is 3. The maximum absolute atomic E-state index is 12.8. The molecule has 0 aliphatic carbocycles. The van der Waals surface area contributed by atoms with Crippen molar-refractivity contribution in [1.29, 1.82) is 0 Å². The summed E-state index contributed by atoms with van der Waals surface area (Å²) < 4.78 is 11.3. The Morgan fingerprint density at radius 3 is 2.57 bits per heavy atom. The van der Waals surface area contributed by atoms with Crippen LogP contribution in [0.4, 0.5) is 0 Å². The van der Waals surface area contributed by atoms with Gasteiger partial charge in [0.2, 0.25) is 12.3 Å². The van der Waals surface area contributed by atoms with Crippen molar-refractivity contribution in [1.82, 2.24) is 15.7 Å². The first-order chi connectivity index (χ1) is 16.8. The summed E-state index contributed by atoms with van der Waals surface area (Å²) in [6.45, 7) is 8.16. The van der Waals surface area contributed by atoms with Crippen molar-refractivity contribution in [2.45, 2.75) is 65.8 Å². The molecular weight excluding hydrogens is 450 g/mol. The fourth-order valence-electron chi connectivity index (χ4n) is 4.03. The van der Waals surface area contributed by atoms with Gasteiger partial charge in [0.1, 0.15) is 11.5 Å². The number of benzene rings is 1. The Labute approximate surface area is 206 Å². The normalized spacial score (nSPS) is 12.5. The molecule has 9 heteroatoms. The SMILES string of the molecule is CCCCCC(C(=O)NCNC(=O)c1ccc(-c2cc(C)cc(OCC)c2)o1)C(CC)N(O)C=O. The van der Waals surface area contributed by atoms with Crippen molar-refractivity contribution in [2.24, 2.45) is 5.92 Å².